The highest BCUT2D eigenvalue weighted by atomic mass is 32.2. The van der Waals surface area contributed by atoms with Crippen LogP contribution < -0.4 is 10.0 Å². The Labute approximate surface area is 157 Å². The maximum absolute atomic E-state index is 11.6. The van der Waals surface area contributed by atoms with E-state index in [0.717, 1.165) is 24.4 Å². The second kappa shape index (κ2) is 8.33. The van der Waals surface area contributed by atoms with Crippen molar-refractivity contribution in [2.75, 3.05) is 7.05 Å². The normalized spacial score (nSPS) is 15.8. The van der Waals surface area contributed by atoms with Crippen molar-refractivity contribution in [3.05, 3.63) is 70.8 Å². The van der Waals surface area contributed by atoms with Crippen LogP contribution in [0.5, 0.6) is 0 Å². The van der Waals surface area contributed by atoms with Gasteiger partial charge in [0, 0.05) is 12.6 Å². The Morgan fingerprint density at radius 1 is 1.04 bits per heavy atom. The standard InChI is InChI=1S/C21H28N2O2S/c1-16-5-3-4-6-20(16)13-21(19-11-12-19)23-14-17-7-9-18(10-8-17)15-26(24,25)22-2/h3-10,19,21-23H,11-15H2,1-2H3. The van der Waals surface area contributed by atoms with E-state index in [-0.39, 0.29) is 5.75 Å². The molecule has 2 N–H and O–H groups in total. The van der Waals surface area contributed by atoms with Gasteiger partial charge in [0.25, 0.3) is 0 Å². The third kappa shape index (κ3) is 5.40. The van der Waals surface area contributed by atoms with Crippen molar-refractivity contribution in [2.45, 2.75) is 44.5 Å². The van der Waals surface area contributed by atoms with Crippen LogP contribution in [0.4, 0.5) is 0 Å². The Morgan fingerprint density at radius 3 is 2.31 bits per heavy atom. The van der Waals surface area contributed by atoms with E-state index in [1.54, 1.807) is 0 Å². The molecular formula is C21H28N2O2S. The van der Waals surface area contributed by atoms with Crippen LogP contribution in [-0.4, -0.2) is 21.5 Å². The van der Waals surface area contributed by atoms with Gasteiger partial charge in [0.1, 0.15) is 0 Å². The van der Waals surface area contributed by atoms with E-state index >= 15 is 0 Å². The number of benzene rings is 2. The molecule has 0 spiro atoms. The van der Waals surface area contributed by atoms with Gasteiger partial charge in [-0.05, 0) is 61.4 Å². The maximum Gasteiger partial charge on any atom is 0.215 e. The predicted octanol–water partition coefficient (Wildman–Crippen LogP) is 3.16. The highest BCUT2D eigenvalue weighted by Gasteiger charge is 2.31. The molecule has 2 aromatic rings. The first-order chi connectivity index (χ1) is 12.5. The third-order valence-corrected chi connectivity index (χ3v) is 6.49. The molecule has 4 nitrogen and oxygen atoms in total. The zero-order valence-electron chi connectivity index (χ0n) is 15.5. The maximum atomic E-state index is 11.6. The molecule has 0 amide bonds. The Hall–Kier alpha value is -1.69. The topological polar surface area (TPSA) is 58.2 Å². The summed E-state index contributed by atoms with van der Waals surface area (Å²) in [6.07, 6.45) is 3.69. The van der Waals surface area contributed by atoms with Gasteiger partial charge < -0.3 is 5.32 Å². The van der Waals surface area contributed by atoms with E-state index in [0.29, 0.717) is 6.04 Å². The van der Waals surface area contributed by atoms with Crippen molar-refractivity contribution in [1.29, 1.82) is 0 Å². The lowest BCUT2D eigenvalue weighted by Gasteiger charge is -2.20. The van der Waals surface area contributed by atoms with E-state index in [1.807, 2.05) is 24.3 Å². The fourth-order valence-electron chi connectivity index (χ4n) is 3.27. The molecule has 0 bridgehead atoms. The van der Waals surface area contributed by atoms with Gasteiger partial charge in [0.05, 0.1) is 5.75 Å². The van der Waals surface area contributed by atoms with Crippen LogP contribution in [-0.2, 0) is 28.7 Å². The molecule has 3 rings (SSSR count). The zero-order valence-corrected chi connectivity index (χ0v) is 16.4. The van der Waals surface area contributed by atoms with Gasteiger partial charge in [0.15, 0.2) is 0 Å². The van der Waals surface area contributed by atoms with Crippen LogP contribution in [0, 0.1) is 12.8 Å². The van der Waals surface area contributed by atoms with Crippen molar-refractivity contribution >= 4 is 10.0 Å². The second-order valence-corrected chi connectivity index (χ2v) is 9.16. The van der Waals surface area contributed by atoms with Crippen molar-refractivity contribution in [3.8, 4) is 0 Å². The molecule has 0 aromatic heterocycles. The average molecular weight is 373 g/mol. The van der Waals surface area contributed by atoms with Crippen LogP contribution in [0.3, 0.4) is 0 Å². The van der Waals surface area contributed by atoms with Crippen molar-refractivity contribution in [3.63, 3.8) is 0 Å². The third-order valence-electron chi connectivity index (χ3n) is 5.15. The minimum atomic E-state index is -3.22. The van der Waals surface area contributed by atoms with Crippen LogP contribution in [0.15, 0.2) is 48.5 Å². The van der Waals surface area contributed by atoms with E-state index < -0.39 is 10.0 Å². The van der Waals surface area contributed by atoms with Crippen LogP contribution in [0.1, 0.15) is 35.1 Å². The molecule has 1 atom stereocenters. The van der Waals surface area contributed by atoms with E-state index in [9.17, 15) is 8.42 Å². The first-order valence-corrected chi connectivity index (χ1v) is 10.9. The van der Waals surface area contributed by atoms with Crippen molar-refractivity contribution < 1.29 is 8.42 Å². The number of sulfonamides is 1. The Balaban J connectivity index is 1.58. The van der Waals surface area contributed by atoms with Crippen molar-refractivity contribution in [2.24, 2.45) is 5.92 Å². The number of rotatable bonds is 9. The summed E-state index contributed by atoms with van der Waals surface area (Å²) in [5.41, 5.74) is 4.77. The molecule has 0 aliphatic heterocycles. The molecule has 0 saturated heterocycles. The molecule has 1 aliphatic carbocycles. The van der Waals surface area contributed by atoms with E-state index in [4.69, 9.17) is 0 Å². The molecule has 140 valence electrons. The monoisotopic (exact) mass is 372 g/mol. The quantitative estimate of drug-likeness (QED) is 0.711. The Kier molecular flexibility index (Phi) is 6.12. The second-order valence-electron chi connectivity index (χ2n) is 7.24. The van der Waals surface area contributed by atoms with Gasteiger partial charge in [-0.15, -0.1) is 0 Å². The molecule has 0 heterocycles. The van der Waals surface area contributed by atoms with Crippen LogP contribution >= 0.6 is 0 Å². The summed E-state index contributed by atoms with van der Waals surface area (Å²) in [5.74, 6) is 0.796. The Morgan fingerprint density at radius 2 is 1.69 bits per heavy atom. The summed E-state index contributed by atoms with van der Waals surface area (Å²) in [6, 6.07) is 17.0. The van der Waals surface area contributed by atoms with Gasteiger partial charge >= 0.3 is 0 Å². The molecular weight excluding hydrogens is 344 g/mol. The molecule has 1 aliphatic rings. The van der Waals surface area contributed by atoms with Gasteiger partial charge in [-0.1, -0.05) is 48.5 Å². The molecule has 1 saturated carbocycles. The molecule has 2 aromatic carbocycles. The molecule has 5 heteroatoms. The largest absolute Gasteiger partial charge is 0.309 e. The van der Waals surface area contributed by atoms with Gasteiger partial charge in [-0.3, -0.25) is 0 Å². The molecule has 0 radical (unpaired) electrons. The lowest BCUT2D eigenvalue weighted by Crippen LogP contribution is -2.33. The molecule has 1 fully saturated rings. The van der Waals surface area contributed by atoms with Gasteiger partial charge in [0.2, 0.25) is 10.0 Å². The number of hydrogen-bond donors (Lipinski definition) is 2. The highest BCUT2D eigenvalue weighted by molar-refractivity contribution is 7.88. The van der Waals surface area contributed by atoms with Crippen LogP contribution in [0.2, 0.25) is 0 Å². The smallest absolute Gasteiger partial charge is 0.215 e. The average Bonchev–Trinajstić information content (AvgIpc) is 3.46. The first kappa shape index (κ1) is 19.1. The number of nitrogens with one attached hydrogen (secondary N) is 2. The van der Waals surface area contributed by atoms with E-state index in [2.05, 4.69) is 41.2 Å². The highest BCUT2D eigenvalue weighted by Crippen LogP contribution is 2.34. The summed E-state index contributed by atoms with van der Waals surface area (Å²) >= 11 is 0. The SMILES string of the molecule is CNS(=O)(=O)Cc1ccc(CNC(Cc2ccccc2C)C2CC2)cc1. The predicted molar refractivity (Wildman–Crippen MR) is 106 cm³/mol. The molecule has 26 heavy (non-hydrogen) atoms. The van der Waals surface area contributed by atoms with Crippen LogP contribution in [0.25, 0.3) is 0 Å². The summed E-state index contributed by atoms with van der Waals surface area (Å²) in [4.78, 5) is 0. The zero-order chi connectivity index (χ0) is 18.6. The number of aryl methyl sites for hydroxylation is 1. The van der Waals surface area contributed by atoms with Crippen molar-refractivity contribution in [1.82, 2.24) is 10.0 Å². The Bertz CT molecular complexity index is 827. The summed E-state index contributed by atoms with van der Waals surface area (Å²) in [6.45, 7) is 2.99. The lowest BCUT2D eigenvalue weighted by atomic mass is 9.98. The van der Waals surface area contributed by atoms with E-state index in [1.165, 1.54) is 36.6 Å². The molecule has 1 unspecified atom stereocenters. The summed E-state index contributed by atoms with van der Waals surface area (Å²) in [7, 11) is -1.77. The fourth-order valence-corrected chi connectivity index (χ4v) is 4.05. The van der Waals surface area contributed by atoms with Gasteiger partial charge in [-0.25, -0.2) is 13.1 Å². The number of hydrogen-bond acceptors (Lipinski definition) is 3. The minimum Gasteiger partial charge on any atom is -0.309 e. The summed E-state index contributed by atoms with van der Waals surface area (Å²) < 4.78 is 25.6. The fraction of sp³-hybridized carbons (Fsp3) is 0.429. The van der Waals surface area contributed by atoms with Gasteiger partial charge in [-0.2, -0.15) is 0 Å². The first-order valence-electron chi connectivity index (χ1n) is 9.24. The lowest BCUT2D eigenvalue weighted by molar-refractivity contribution is 0.458. The summed E-state index contributed by atoms with van der Waals surface area (Å²) in [5, 5.41) is 3.72. The minimum absolute atomic E-state index is 0.0230.